The third-order valence-corrected chi connectivity index (χ3v) is 4.30. The van der Waals surface area contributed by atoms with Gasteiger partial charge in [0.25, 0.3) is 0 Å². The summed E-state index contributed by atoms with van der Waals surface area (Å²) in [6.07, 6.45) is 0.946. The van der Waals surface area contributed by atoms with Crippen LogP contribution in [-0.2, 0) is 0 Å². The standard InChI is InChI=1S/C21H26N4O/c1-13(2)10-15(22)12-23-20-16-6-4-5-7-18(16)24-21(25-20)17-11-14(3)8-9-19(17)26/h4-9,11,13,15,26H,10,12,22H2,1-3H3,(H,23,24,25)/t15-/m0/s1. The van der Waals surface area contributed by atoms with E-state index in [0.29, 0.717) is 23.9 Å². The molecule has 2 aromatic carbocycles. The van der Waals surface area contributed by atoms with Crippen LogP contribution in [0.2, 0.25) is 0 Å². The van der Waals surface area contributed by atoms with E-state index >= 15 is 0 Å². The van der Waals surface area contributed by atoms with Crippen molar-refractivity contribution >= 4 is 16.7 Å². The maximum atomic E-state index is 10.2. The van der Waals surface area contributed by atoms with E-state index in [2.05, 4.69) is 29.1 Å². The van der Waals surface area contributed by atoms with E-state index in [1.807, 2.05) is 43.3 Å². The number of phenols is 1. The number of aryl methyl sites for hydroxylation is 1. The Bertz CT molecular complexity index is 908. The van der Waals surface area contributed by atoms with Gasteiger partial charge < -0.3 is 16.2 Å². The maximum Gasteiger partial charge on any atom is 0.165 e. The molecule has 0 aliphatic rings. The average molecular weight is 350 g/mol. The minimum absolute atomic E-state index is 0.0551. The van der Waals surface area contributed by atoms with Crippen LogP contribution in [0.1, 0.15) is 25.8 Å². The van der Waals surface area contributed by atoms with Crippen LogP contribution < -0.4 is 11.1 Å². The smallest absolute Gasteiger partial charge is 0.165 e. The molecule has 26 heavy (non-hydrogen) atoms. The lowest BCUT2D eigenvalue weighted by Crippen LogP contribution is -2.30. The normalized spacial score (nSPS) is 12.5. The van der Waals surface area contributed by atoms with E-state index in [1.165, 1.54) is 0 Å². The lowest BCUT2D eigenvalue weighted by molar-refractivity contribution is 0.476. The van der Waals surface area contributed by atoms with Gasteiger partial charge in [-0.2, -0.15) is 0 Å². The molecule has 0 aliphatic carbocycles. The van der Waals surface area contributed by atoms with Gasteiger partial charge in [-0.3, -0.25) is 0 Å². The third-order valence-electron chi connectivity index (χ3n) is 4.30. The molecule has 0 saturated carbocycles. The number of aromatic nitrogens is 2. The van der Waals surface area contributed by atoms with Crippen molar-refractivity contribution in [2.75, 3.05) is 11.9 Å². The second-order valence-corrected chi connectivity index (χ2v) is 7.20. The molecule has 5 nitrogen and oxygen atoms in total. The van der Waals surface area contributed by atoms with Gasteiger partial charge in [0.1, 0.15) is 11.6 Å². The summed E-state index contributed by atoms with van der Waals surface area (Å²) >= 11 is 0. The van der Waals surface area contributed by atoms with Gasteiger partial charge in [0.2, 0.25) is 0 Å². The Morgan fingerprint density at radius 2 is 1.88 bits per heavy atom. The average Bonchev–Trinajstić information content (AvgIpc) is 2.61. The molecule has 0 radical (unpaired) electrons. The third kappa shape index (κ3) is 4.11. The van der Waals surface area contributed by atoms with E-state index in [-0.39, 0.29) is 11.8 Å². The minimum Gasteiger partial charge on any atom is -0.507 e. The summed E-state index contributed by atoms with van der Waals surface area (Å²) < 4.78 is 0. The number of aromatic hydroxyl groups is 1. The molecule has 5 heteroatoms. The van der Waals surface area contributed by atoms with Gasteiger partial charge in [-0.25, -0.2) is 9.97 Å². The van der Waals surface area contributed by atoms with Crippen LogP contribution in [0.5, 0.6) is 5.75 Å². The van der Waals surface area contributed by atoms with Crippen LogP contribution in [-0.4, -0.2) is 27.7 Å². The first-order valence-electron chi connectivity index (χ1n) is 9.00. The molecule has 4 N–H and O–H groups in total. The molecule has 0 aliphatic heterocycles. The first-order valence-corrected chi connectivity index (χ1v) is 9.00. The predicted octanol–water partition coefficient (Wildman–Crippen LogP) is 4.10. The highest BCUT2D eigenvalue weighted by molar-refractivity contribution is 5.90. The molecule has 136 valence electrons. The number of anilines is 1. The van der Waals surface area contributed by atoms with Gasteiger partial charge in [-0.15, -0.1) is 0 Å². The van der Waals surface area contributed by atoms with Gasteiger partial charge in [0, 0.05) is 18.0 Å². The molecule has 0 unspecified atom stereocenters. The van der Waals surface area contributed by atoms with E-state index in [0.717, 1.165) is 28.7 Å². The number of nitrogens with two attached hydrogens (primary N) is 1. The quantitative estimate of drug-likeness (QED) is 0.623. The lowest BCUT2D eigenvalue weighted by atomic mass is 10.0. The highest BCUT2D eigenvalue weighted by atomic mass is 16.3. The highest BCUT2D eigenvalue weighted by Crippen LogP contribution is 2.30. The number of nitrogens with one attached hydrogen (secondary N) is 1. The molecule has 3 aromatic rings. The van der Waals surface area contributed by atoms with Gasteiger partial charge in [-0.05, 0) is 43.5 Å². The van der Waals surface area contributed by atoms with Crippen LogP contribution in [0.3, 0.4) is 0 Å². The van der Waals surface area contributed by atoms with Gasteiger partial charge in [-0.1, -0.05) is 37.6 Å². The van der Waals surface area contributed by atoms with Gasteiger partial charge >= 0.3 is 0 Å². The summed E-state index contributed by atoms with van der Waals surface area (Å²) in [6, 6.07) is 13.3. The van der Waals surface area contributed by atoms with E-state index in [4.69, 9.17) is 5.73 Å². The molecule has 0 bridgehead atoms. The SMILES string of the molecule is Cc1ccc(O)c(-c2nc(NC[C@@H](N)CC(C)C)c3ccccc3n2)c1. The summed E-state index contributed by atoms with van der Waals surface area (Å²) in [5, 5.41) is 14.6. The molecule has 0 amide bonds. The summed E-state index contributed by atoms with van der Waals surface area (Å²) in [4.78, 5) is 9.33. The molecule has 0 fully saturated rings. The second-order valence-electron chi connectivity index (χ2n) is 7.20. The second kappa shape index (κ2) is 7.70. The van der Waals surface area contributed by atoms with Crippen molar-refractivity contribution in [3.8, 4) is 17.1 Å². The van der Waals surface area contributed by atoms with E-state index < -0.39 is 0 Å². The first kappa shape index (κ1) is 18.1. The molecular weight excluding hydrogens is 324 g/mol. The number of fused-ring (bicyclic) bond motifs is 1. The van der Waals surface area contributed by atoms with Crippen LogP contribution in [0.15, 0.2) is 42.5 Å². The van der Waals surface area contributed by atoms with Crippen molar-refractivity contribution in [1.29, 1.82) is 0 Å². The Kier molecular flexibility index (Phi) is 5.38. The van der Waals surface area contributed by atoms with Crippen LogP contribution >= 0.6 is 0 Å². The number of nitrogens with zero attached hydrogens (tertiary/aromatic N) is 2. The lowest BCUT2D eigenvalue weighted by Gasteiger charge is -2.17. The van der Waals surface area contributed by atoms with Crippen molar-refractivity contribution in [3.63, 3.8) is 0 Å². The van der Waals surface area contributed by atoms with Crippen molar-refractivity contribution in [3.05, 3.63) is 48.0 Å². The molecule has 3 rings (SSSR count). The number of phenolic OH excluding ortho intramolecular Hbond substituents is 1. The van der Waals surface area contributed by atoms with Crippen LogP contribution in [0.4, 0.5) is 5.82 Å². The number of rotatable bonds is 6. The Hall–Kier alpha value is -2.66. The fourth-order valence-corrected chi connectivity index (χ4v) is 3.08. The minimum atomic E-state index is 0.0551. The maximum absolute atomic E-state index is 10.2. The fraction of sp³-hybridized carbons (Fsp3) is 0.333. The van der Waals surface area contributed by atoms with Crippen molar-refractivity contribution in [1.82, 2.24) is 9.97 Å². The van der Waals surface area contributed by atoms with Crippen LogP contribution in [0, 0.1) is 12.8 Å². The topological polar surface area (TPSA) is 84.1 Å². The van der Waals surface area contributed by atoms with Crippen molar-refractivity contribution in [2.24, 2.45) is 11.7 Å². The van der Waals surface area contributed by atoms with E-state index in [1.54, 1.807) is 6.07 Å². The number of hydrogen-bond acceptors (Lipinski definition) is 5. The summed E-state index contributed by atoms with van der Waals surface area (Å²) in [5.74, 6) is 1.97. The number of para-hydroxylation sites is 1. The molecular formula is C21H26N4O. The number of benzene rings is 2. The molecule has 0 saturated heterocycles. The summed E-state index contributed by atoms with van der Waals surface area (Å²) in [6.45, 7) is 6.95. The molecule has 1 atom stereocenters. The Morgan fingerprint density at radius 3 is 2.65 bits per heavy atom. The Labute approximate surface area is 154 Å². The zero-order valence-corrected chi connectivity index (χ0v) is 15.5. The largest absolute Gasteiger partial charge is 0.507 e. The summed E-state index contributed by atoms with van der Waals surface area (Å²) in [5.41, 5.74) is 8.72. The summed E-state index contributed by atoms with van der Waals surface area (Å²) in [7, 11) is 0. The molecule has 1 aromatic heterocycles. The zero-order chi connectivity index (χ0) is 18.7. The molecule has 1 heterocycles. The first-order chi connectivity index (χ1) is 12.4. The zero-order valence-electron chi connectivity index (χ0n) is 15.5. The van der Waals surface area contributed by atoms with Crippen LogP contribution in [0.25, 0.3) is 22.3 Å². The number of hydrogen-bond donors (Lipinski definition) is 3. The molecule has 0 spiro atoms. The predicted molar refractivity (Wildman–Crippen MR) is 107 cm³/mol. The Balaban J connectivity index is 2.00. The van der Waals surface area contributed by atoms with Gasteiger partial charge in [0.05, 0.1) is 11.1 Å². The van der Waals surface area contributed by atoms with Crippen molar-refractivity contribution < 1.29 is 5.11 Å². The highest BCUT2D eigenvalue weighted by Gasteiger charge is 2.13. The Morgan fingerprint density at radius 1 is 1.12 bits per heavy atom. The van der Waals surface area contributed by atoms with Gasteiger partial charge in [0.15, 0.2) is 5.82 Å². The fourth-order valence-electron chi connectivity index (χ4n) is 3.08. The van der Waals surface area contributed by atoms with Crippen molar-refractivity contribution in [2.45, 2.75) is 33.2 Å². The monoisotopic (exact) mass is 350 g/mol. The van der Waals surface area contributed by atoms with E-state index in [9.17, 15) is 5.11 Å².